The summed E-state index contributed by atoms with van der Waals surface area (Å²) in [5.41, 5.74) is 12.1. The average molecular weight is 570 g/mol. The first-order chi connectivity index (χ1) is 20.9. The van der Waals surface area contributed by atoms with Gasteiger partial charge in [0.1, 0.15) is 8.07 Å². The number of para-hydroxylation sites is 1. The number of rotatable bonds is 2. The van der Waals surface area contributed by atoms with Crippen molar-refractivity contribution in [2.75, 3.05) is 0 Å². The van der Waals surface area contributed by atoms with Gasteiger partial charge in [-0.05, 0) is 38.7 Å². The molecule has 2 aliphatic rings. The van der Waals surface area contributed by atoms with E-state index in [-0.39, 0.29) is 5.41 Å². The van der Waals surface area contributed by atoms with Gasteiger partial charge in [-0.15, -0.1) is 0 Å². The molecule has 0 unspecified atom stereocenters. The topological polar surface area (TPSA) is 30.7 Å². The van der Waals surface area contributed by atoms with Crippen molar-refractivity contribution in [3.8, 4) is 39.6 Å². The minimum Gasteiger partial charge on any atom is -0.277 e. The highest BCUT2D eigenvalue weighted by Gasteiger charge is 2.42. The second-order valence-corrected chi connectivity index (χ2v) is 17.3. The number of hydrogen-bond donors (Lipinski definition) is 0. The molecule has 3 nitrogen and oxygen atoms in total. The molecular formula is C39H31N3Si. The van der Waals surface area contributed by atoms with Crippen LogP contribution in [0.4, 0.5) is 0 Å². The van der Waals surface area contributed by atoms with Crippen LogP contribution in [0.2, 0.25) is 13.1 Å². The Kier molecular flexibility index (Phi) is 4.83. The Balaban J connectivity index is 1.47. The highest BCUT2D eigenvalue weighted by atomic mass is 28.3. The third kappa shape index (κ3) is 3.14. The van der Waals surface area contributed by atoms with Gasteiger partial charge in [0, 0.05) is 27.3 Å². The fraction of sp³-hybridized carbons (Fsp3) is 0.128. The van der Waals surface area contributed by atoms with Crippen molar-refractivity contribution < 1.29 is 0 Å². The van der Waals surface area contributed by atoms with Gasteiger partial charge in [0.25, 0.3) is 0 Å². The normalized spacial score (nSPS) is 15.3. The van der Waals surface area contributed by atoms with Crippen LogP contribution >= 0.6 is 0 Å². The maximum absolute atomic E-state index is 5.54. The van der Waals surface area contributed by atoms with Crippen molar-refractivity contribution >= 4 is 40.3 Å². The van der Waals surface area contributed by atoms with Crippen LogP contribution < -0.4 is 10.4 Å². The maximum atomic E-state index is 5.54. The first-order valence-corrected chi connectivity index (χ1v) is 18.1. The SMILES string of the molecule is CC1(C)c2ccccc2-c2c1ccc1c3ccccc3n(-c3nc(-c4ccccc4)c4c(n3)-c3ccccc3[Si]4(C)C)c21. The molecule has 1 aliphatic heterocycles. The van der Waals surface area contributed by atoms with Gasteiger partial charge in [-0.2, -0.15) is 0 Å². The fourth-order valence-corrected chi connectivity index (χ4v) is 11.2. The molecule has 0 amide bonds. The van der Waals surface area contributed by atoms with Gasteiger partial charge in [-0.1, -0.05) is 136 Å². The lowest BCUT2D eigenvalue weighted by molar-refractivity contribution is 0.661. The highest BCUT2D eigenvalue weighted by molar-refractivity contribution is 7.04. The van der Waals surface area contributed by atoms with Crippen LogP contribution in [0.1, 0.15) is 25.0 Å². The largest absolute Gasteiger partial charge is 0.277 e. The Morgan fingerprint density at radius 1 is 0.605 bits per heavy atom. The van der Waals surface area contributed by atoms with Gasteiger partial charge in [0.2, 0.25) is 5.95 Å². The standard InChI is InChI=1S/C39H31N3Si/c1-39(2)29-19-11-8-17-27(29)33-30(39)23-22-26-25-16-9-12-20-31(25)42(36(26)33)38-40-34(24-14-6-5-7-15-24)37-35(41-38)28-18-10-13-21-32(28)43(37,3)4/h5-23H,1-4H3. The van der Waals surface area contributed by atoms with Crippen LogP contribution in [0.25, 0.3) is 61.4 Å². The zero-order valence-corrected chi connectivity index (χ0v) is 25.8. The van der Waals surface area contributed by atoms with Crippen LogP contribution in [-0.4, -0.2) is 22.6 Å². The summed E-state index contributed by atoms with van der Waals surface area (Å²) in [4.78, 5) is 11.1. The quantitative estimate of drug-likeness (QED) is 0.196. The molecule has 5 aromatic carbocycles. The number of benzene rings is 5. The first-order valence-electron chi connectivity index (χ1n) is 15.1. The lowest BCUT2D eigenvalue weighted by atomic mass is 9.82. The minimum atomic E-state index is -2.04. The molecule has 0 saturated carbocycles. The molecular weight excluding hydrogens is 539 g/mol. The second-order valence-electron chi connectivity index (χ2n) is 13.0. The first kappa shape index (κ1) is 24.8. The lowest BCUT2D eigenvalue weighted by Gasteiger charge is -2.22. The molecule has 0 spiro atoms. The monoisotopic (exact) mass is 569 g/mol. The van der Waals surface area contributed by atoms with Gasteiger partial charge < -0.3 is 0 Å². The molecule has 2 aromatic heterocycles. The summed E-state index contributed by atoms with van der Waals surface area (Å²) in [5, 5.41) is 5.24. The molecule has 1 aliphatic carbocycles. The molecule has 0 radical (unpaired) electrons. The van der Waals surface area contributed by atoms with E-state index < -0.39 is 8.07 Å². The summed E-state index contributed by atoms with van der Waals surface area (Å²) in [6.45, 7) is 9.58. The van der Waals surface area contributed by atoms with Crippen molar-refractivity contribution in [3.05, 3.63) is 126 Å². The van der Waals surface area contributed by atoms with E-state index in [4.69, 9.17) is 9.97 Å². The van der Waals surface area contributed by atoms with Crippen molar-refractivity contribution in [1.82, 2.24) is 14.5 Å². The smallest absolute Gasteiger partial charge is 0.235 e. The van der Waals surface area contributed by atoms with E-state index in [1.54, 1.807) is 0 Å². The van der Waals surface area contributed by atoms with Gasteiger partial charge in [-0.25, -0.2) is 9.97 Å². The van der Waals surface area contributed by atoms with E-state index in [9.17, 15) is 0 Å². The Labute approximate surface area is 252 Å². The maximum Gasteiger partial charge on any atom is 0.235 e. The molecule has 7 aromatic rings. The molecule has 0 bridgehead atoms. The highest BCUT2D eigenvalue weighted by Crippen LogP contribution is 2.52. The van der Waals surface area contributed by atoms with Crippen LogP contribution in [-0.2, 0) is 5.41 Å². The van der Waals surface area contributed by atoms with Gasteiger partial charge >= 0.3 is 0 Å². The third-order valence-electron chi connectivity index (χ3n) is 10.0. The summed E-state index contributed by atoms with van der Waals surface area (Å²) < 4.78 is 2.35. The Hall–Kier alpha value is -4.80. The van der Waals surface area contributed by atoms with Crippen LogP contribution in [0, 0.1) is 0 Å². The van der Waals surface area contributed by atoms with E-state index in [0.717, 1.165) is 28.4 Å². The summed E-state index contributed by atoms with van der Waals surface area (Å²) in [7, 11) is -2.04. The van der Waals surface area contributed by atoms with Crippen molar-refractivity contribution in [2.45, 2.75) is 32.4 Å². The molecule has 43 heavy (non-hydrogen) atoms. The Bertz CT molecular complexity index is 2290. The predicted molar refractivity (Wildman–Crippen MR) is 182 cm³/mol. The zero-order chi connectivity index (χ0) is 29.1. The van der Waals surface area contributed by atoms with E-state index in [1.165, 1.54) is 54.5 Å². The molecule has 9 rings (SSSR count). The van der Waals surface area contributed by atoms with Crippen LogP contribution in [0.3, 0.4) is 0 Å². The minimum absolute atomic E-state index is 0.0933. The molecule has 0 atom stereocenters. The predicted octanol–water partition coefficient (Wildman–Crippen LogP) is 8.35. The third-order valence-corrected chi connectivity index (χ3v) is 13.5. The van der Waals surface area contributed by atoms with Gasteiger partial charge in [0.15, 0.2) is 0 Å². The summed E-state index contributed by atoms with van der Waals surface area (Å²) >= 11 is 0. The Morgan fingerprint density at radius 2 is 1.28 bits per heavy atom. The summed E-state index contributed by atoms with van der Waals surface area (Å²) in [5.74, 6) is 0.737. The summed E-state index contributed by atoms with van der Waals surface area (Å²) in [6.07, 6.45) is 0. The number of hydrogen-bond acceptors (Lipinski definition) is 2. The number of fused-ring (bicyclic) bond motifs is 10. The van der Waals surface area contributed by atoms with E-state index in [0.29, 0.717) is 0 Å². The molecule has 0 fully saturated rings. The molecule has 0 N–H and O–H groups in total. The van der Waals surface area contributed by atoms with Crippen molar-refractivity contribution in [3.63, 3.8) is 0 Å². The molecule has 206 valence electrons. The van der Waals surface area contributed by atoms with Crippen molar-refractivity contribution in [2.24, 2.45) is 0 Å². The molecule has 3 heterocycles. The molecule has 4 heteroatoms. The number of nitrogens with zero attached hydrogens (tertiary/aromatic N) is 3. The van der Waals surface area contributed by atoms with Crippen molar-refractivity contribution in [1.29, 1.82) is 0 Å². The van der Waals surface area contributed by atoms with E-state index in [1.807, 2.05) is 0 Å². The number of aromatic nitrogens is 3. The average Bonchev–Trinajstić information content (AvgIpc) is 3.58. The lowest BCUT2D eigenvalue weighted by Crippen LogP contribution is -2.50. The van der Waals surface area contributed by atoms with Crippen LogP contribution in [0.15, 0.2) is 115 Å². The van der Waals surface area contributed by atoms with Crippen LogP contribution in [0.5, 0.6) is 0 Å². The van der Waals surface area contributed by atoms with Gasteiger partial charge in [-0.3, -0.25) is 4.57 Å². The fourth-order valence-electron chi connectivity index (χ4n) is 7.96. The van der Waals surface area contributed by atoms with E-state index in [2.05, 4.69) is 147 Å². The Morgan fingerprint density at radius 3 is 2.12 bits per heavy atom. The molecule has 0 saturated heterocycles. The van der Waals surface area contributed by atoms with Gasteiger partial charge in [0.05, 0.1) is 22.4 Å². The summed E-state index contributed by atoms with van der Waals surface area (Å²) in [6, 6.07) is 41.9. The second kappa shape index (κ2) is 8.39. The zero-order valence-electron chi connectivity index (χ0n) is 24.8. The van der Waals surface area contributed by atoms with E-state index >= 15 is 0 Å².